The van der Waals surface area contributed by atoms with Crippen molar-refractivity contribution in [2.75, 3.05) is 25.5 Å². The molecule has 1 atom stereocenters. The number of nitrogens with one attached hydrogen (secondary N) is 1. The van der Waals surface area contributed by atoms with E-state index in [1.807, 2.05) is 0 Å². The van der Waals surface area contributed by atoms with Gasteiger partial charge in [-0.1, -0.05) is 6.07 Å². The molecule has 0 radical (unpaired) electrons. The Hall–Kier alpha value is -1.62. The van der Waals surface area contributed by atoms with Crippen LogP contribution in [-0.4, -0.2) is 31.7 Å². The van der Waals surface area contributed by atoms with Gasteiger partial charge in [0.15, 0.2) is 0 Å². The van der Waals surface area contributed by atoms with E-state index in [2.05, 4.69) is 5.32 Å². The first-order valence-corrected chi connectivity index (χ1v) is 5.35. The van der Waals surface area contributed by atoms with Gasteiger partial charge in [-0.05, 0) is 24.6 Å². The van der Waals surface area contributed by atoms with E-state index in [0.29, 0.717) is 11.3 Å². The SMILES string of the molecule is CNC(=O)CN(C)c1ccc([C@H](C)O)cc1F. The molecule has 0 fully saturated rings. The Bertz CT molecular complexity index is 407. The lowest BCUT2D eigenvalue weighted by Crippen LogP contribution is -2.33. The number of halogens is 1. The normalized spacial score (nSPS) is 12.1. The lowest BCUT2D eigenvalue weighted by Gasteiger charge is -2.19. The molecule has 0 spiro atoms. The Morgan fingerprint density at radius 1 is 1.59 bits per heavy atom. The number of carbonyl (C=O) groups excluding carboxylic acids is 1. The zero-order valence-corrected chi connectivity index (χ0v) is 10.2. The zero-order valence-electron chi connectivity index (χ0n) is 10.2. The van der Waals surface area contributed by atoms with Gasteiger partial charge in [0.25, 0.3) is 0 Å². The molecule has 1 rings (SSSR count). The molecule has 1 aromatic rings. The van der Waals surface area contributed by atoms with Crippen LogP contribution in [0.5, 0.6) is 0 Å². The summed E-state index contributed by atoms with van der Waals surface area (Å²) in [5.74, 6) is -0.638. The van der Waals surface area contributed by atoms with E-state index in [9.17, 15) is 14.3 Å². The van der Waals surface area contributed by atoms with Crippen molar-refractivity contribution in [3.8, 4) is 0 Å². The summed E-state index contributed by atoms with van der Waals surface area (Å²) in [6.45, 7) is 1.66. The van der Waals surface area contributed by atoms with E-state index in [0.717, 1.165) is 0 Å². The van der Waals surface area contributed by atoms with Crippen molar-refractivity contribution in [1.29, 1.82) is 0 Å². The molecule has 0 saturated carbocycles. The predicted molar refractivity (Wildman–Crippen MR) is 64.4 cm³/mol. The summed E-state index contributed by atoms with van der Waals surface area (Å²) in [6.07, 6.45) is -0.706. The standard InChI is InChI=1S/C12H17FN2O2/c1-8(16)9-4-5-11(10(13)6-9)15(3)7-12(17)14-2/h4-6,8,16H,7H2,1-3H3,(H,14,17)/t8-/m0/s1. The van der Waals surface area contributed by atoms with Gasteiger partial charge < -0.3 is 15.3 Å². The molecule has 2 N–H and O–H groups in total. The maximum atomic E-state index is 13.7. The van der Waals surface area contributed by atoms with Crippen molar-refractivity contribution < 1.29 is 14.3 Å². The summed E-state index contributed by atoms with van der Waals surface area (Å²) in [4.78, 5) is 12.7. The highest BCUT2D eigenvalue weighted by Crippen LogP contribution is 2.22. The van der Waals surface area contributed by atoms with Gasteiger partial charge >= 0.3 is 0 Å². The summed E-state index contributed by atoms with van der Waals surface area (Å²) in [5.41, 5.74) is 0.845. The number of amides is 1. The third kappa shape index (κ3) is 3.42. The lowest BCUT2D eigenvalue weighted by atomic mass is 10.1. The van der Waals surface area contributed by atoms with Crippen LogP contribution in [0.15, 0.2) is 18.2 Å². The van der Waals surface area contributed by atoms with Crippen LogP contribution in [0.4, 0.5) is 10.1 Å². The van der Waals surface area contributed by atoms with Crippen LogP contribution >= 0.6 is 0 Å². The van der Waals surface area contributed by atoms with Crippen molar-refractivity contribution in [2.45, 2.75) is 13.0 Å². The van der Waals surface area contributed by atoms with Gasteiger partial charge in [-0.2, -0.15) is 0 Å². The second-order valence-corrected chi connectivity index (χ2v) is 3.92. The van der Waals surface area contributed by atoms with E-state index < -0.39 is 11.9 Å². The second-order valence-electron chi connectivity index (χ2n) is 3.92. The number of rotatable bonds is 4. The molecule has 0 saturated heterocycles. The number of benzene rings is 1. The average Bonchev–Trinajstić information content (AvgIpc) is 2.28. The first kappa shape index (κ1) is 13.4. The van der Waals surface area contributed by atoms with Crippen LogP contribution in [0, 0.1) is 5.82 Å². The van der Waals surface area contributed by atoms with E-state index in [-0.39, 0.29) is 12.5 Å². The smallest absolute Gasteiger partial charge is 0.239 e. The number of hydrogen-bond acceptors (Lipinski definition) is 3. The summed E-state index contributed by atoms with van der Waals surface area (Å²) in [7, 11) is 3.17. The number of carbonyl (C=O) groups is 1. The molecular weight excluding hydrogens is 223 g/mol. The molecule has 0 aliphatic carbocycles. The first-order valence-electron chi connectivity index (χ1n) is 5.35. The summed E-state index contributed by atoms with van der Waals surface area (Å²) < 4.78 is 13.7. The number of likely N-dealkylation sites (N-methyl/N-ethyl adjacent to an activating group) is 2. The van der Waals surface area contributed by atoms with Crippen molar-refractivity contribution in [3.05, 3.63) is 29.6 Å². The van der Waals surface area contributed by atoms with Crippen LogP contribution in [0.1, 0.15) is 18.6 Å². The summed E-state index contributed by atoms with van der Waals surface area (Å²) in [5, 5.41) is 11.8. The molecule has 5 heteroatoms. The maximum Gasteiger partial charge on any atom is 0.239 e. The van der Waals surface area contributed by atoms with Gasteiger partial charge in [0, 0.05) is 14.1 Å². The summed E-state index contributed by atoms with van der Waals surface area (Å²) in [6, 6.07) is 4.48. The zero-order chi connectivity index (χ0) is 13.0. The molecule has 0 aromatic heterocycles. The molecule has 1 aromatic carbocycles. The van der Waals surface area contributed by atoms with Gasteiger partial charge in [0.2, 0.25) is 5.91 Å². The second kappa shape index (κ2) is 5.63. The average molecular weight is 240 g/mol. The lowest BCUT2D eigenvalue weighted by molar-refractivity contribution is -0.119. The monoisotopic (exact) mass is 240 g/mol. The van der Waals surface area contributed by atoms with Crippen LogP contribution in [0.2, 0.25) is 0 Å². The third-order valence-electron chi connectivity index (χ3n) is 2.53. The Balaban J connectivity index is 2.88. The number of nitrogens with zero attached hydrogens (tertiary/aromatic N) is 1. The Labute approximate surface area is 100 Å². The maximum absolute atomic E-state index is 13.7. The highest BCUT2D eigenvalue weighted by Gasteiger charge is 2.12. The van der Waals surface area contributed by atoms with Crippen molar-refractivity contribution in [2.24, 2.45) is 0 Å². The number of hydrogen-bond donors (Lipinski definition) is 2. The van der Waals surface area contributed by atoms with Crippen LogP contribution in [-0.2, 0) is 4.79 Å². The van der Waals surface area contributed by atoms with Crippen molar-refractivity contribution in [1.82, 2.24) is 5.32 Å². The minimum atomic E-state index is -0.706. The van der Waals surface area contributed by atoms with Crippen molar-refractivity contribution in [3.63, 3.8) is 0 Å². The van der Waals surface area contributed by atoms with E-state index in [1.165, 1.54) is 18.0 Å². The molecular formula is C12H17FN2O2. The highest BCUT2D eigenvalue weighted by molar-refractivity contribution is 5.80. The van der Waals surface area contributed by atoms with Crippen LogP contribution < -0.4 is 10.2 Å². The fourth-order valence-electron chi connectivity index (χ4n) is 1.47. The first-order chi connectivity index (χ1) is 7.95. The number of anilines is 1. The quantitative estimate of drug-likeness (QED) is 0.827. The predicted octanol–water partition coefficient (Wildman–Crippen LogP) is 1.06. The van der Waals surface area contributed by atoms with Crippen LogP contribution in [0.25, 0.3) is 0 Å². The largest absolute Gasteiger partial charge is 0.389 e. The van der Waals surface area contributed by atoms with Gasteiger partial charge in [0.05, 0.1) is 18.3 Å². The molecule has 0 bridgehead atoms. The Morgan fingerprint density at radius 3 is 2.71 bits per heavy atom. The fraction of sp³-hybridized carbons (Fsp3) is 0.417. The molecule has 0 heterocycles. The highest BCUT2D eigenvalue weighted by atomic mass is 19.1. The molecule has 4 nitrogen and oxygen atoms in total. The minimum Gasteiger partial charge on any atom is -0.389 e. The number of aliphatic hydroxyl groups is 1. The molecule has 0 aliphatic heterocycles. The van der Waals surface area contributed by atoms with Gasteiger partial charge in [-0.3, -0.25) is 4.79 Å². The summed E-state index contributed by atoms with van der Waals surface area (Å²) >= 11 is 0. The van der Waals surface area contributed by atoms with Crippen molar-refractivity contribution >= 4 is 11.6 Å². The van der Waals surface area contributed by atoms with E-state index >= 15 is 0 Å². The minimum absolute atomic E-state index is 0.0848. The van der Waals surface area contributed by atoms with Gasteiger partial charge in [-0.25, -0.2) is 4.39 Å². The molecule has 0 aliphatic rings. The van der Waals surface area contributed by atoms with E-state index in [1.54, 1.807) is 26.1 Å². The number of aliphatic hydroxyl groups excluding tert-OH is 1. The molecule has 17 heavy (non-hydrogen) atoms. The Kier molecular flexibility index (Phi) is 4.45. The third-order valence-corrected chi connectivity index (χ3v) is 2.53. The molecule has 1 amide bonds. The molecule has 94 valence electrons. The van der Waals surface area contributed by atoms with Crippen LogP contribution in [0.3, 0.4) is 0 Å². The van der Waals surface area contributed by atoms with Gasteiger partial charge in [-0.15, -0.1) is 0 Å². The van der Waals surface area contributed by atoms with E-state index in [4.69, 9.17) is 0 Å². The van der Waals surface area contributed by atoms with Gasteiger partial charge in [0.1, 0.15) is 5.82 Å². The fourth-order valence-corrected chi connectivity index (χ4v) is 1.47. The Morgan fingerprint density at radius 2 is 2.24 bits per heavy atom. The topological polar surface area (TPSA) is 52.6 Å². The molecule has 0 unspecified atom stereocenters.